The van der Waals surface area contributed by atoms with E-state index < -0.39 is 0 Å². The van der Waals surface area contributed by atoms with E-state index in [1.54, 1.807) is 0 Å². The van der Waals surface area contributed by atoms with E-state index >= 15 is 0 Å². The van der Waals surface area contributed by atoms with E-state index in [-0.39, 0.29) is 0 Å². The van der Waals surface area contributed by atoms with Crippen LogP contribution in [0.3, 0.4) is 0 Å². The lowest BCUT2D eigenvalue weighted by Crippen LogP contribution is -1.73. The largest absolute Gasteiger partial charge is 0.356 e. The van der Waals surface area contributed by atoms with Gasteiger partial charge < -0.3 is 4.98 Å². The smallest absolute Gasteiger partial charge is 0.0384 e. The highest BCUT2D eigenvalue weighted by Crippen LogP contribution is 2.26. The van der Waals surface area contributed by atoms with Gasteiger partial charge in [-0.15, -0.1) is 11.3 Å². The van der Waals surface area contributed by atoms with Gasteiger partial charge in [0, 0.05) is 20.4 Å². The number of benzene rings is 2. The summed E-state index contributed by atoms with van der Waals surface area (Å²) in [5.41, 5.74) is 2.26. The highest BCUT2D eigenvalue weighted by molar-refractivity contribution is 7.24. The molecule has 5 heterocycles. The summed E-state index contributed by atoms with van der Waals surface area (Å²) in [7, 11) is 0. The molecule has 2 heteroatoms. The van der Waals surface area contributed by atoms with Gasteiger partial charge in [0.05, 0.1) is 0 Å². The topological polar surface area (TPSA) is 15.8 Å². The lowest BCUT2D eigenvalue weighted by atomic mass is 10.2. The second-order valence-corrected chi connectivity index (χ2v) is 5.53. The number of rotatable bonds is 0. The molecule has 6 bridgehead atoms. The van der Waals surface area contributed by atoms with Gasteiger partial charge in [0.15, 0.2) is 0 Å². The number of hydrogen-bond acceptors (Lipinski definition) is 1. The summed E-state index contributed by atoms with van der Waals surface area (Å²) in [6.45, 7) is 0. The lowest BCUT2D eigenvalue weighted by molar-refractivity contribution is 1.49. The molecule has 7 aromatic rings. The third kappa shape index (κ3) is 1.54. The summed E-state index contributed by atoms with van der Waals surface area (Å²) >= 11 is 1.84. The van der Waals surface area contributed by atoms with E-state index in [2.05, 4.69) is 65.6 Å². The minimum absolute atomic E-state index is 1.13. The number of aromatic nitrogens is 1. The monoisotopic (exact) mass is 249 g/mol. The van der Waals surface area contributed by atoms with Crippen LogP contribution >= 0.6 is 11.3 Å². The molecule has 0 saturated carbocycles. The molecule has 1 N–H and O–H groups in total. The van der Waals surface area contributed by atoms with Crippen molar-refractivity contribution in [1.29, 1.82) is 0 Å². The van der Waals surface area contributed by atoms with Gasteiger partial charge in [-0.1, -0.05) is 24.3 Å². The fraction of sp³-hybridized carbons (Fsp3) is 0. The number of H-pyrrole nitrogens is 1. The van der Waals surface area contributed by atoms with Gasteiger partial charge in [-0.25, -0.2) is 0 Å². The summed E-state index contributed by atoms with van der Waals surface area (Å²) in [4.78, 5) is 3.41. The van der Waals surface area contributed by atoms with Gasteiger partial charge in [0.2, 0.25) is 0 Å². The van der Waals surface area contributed by atoms with Crippen molar-refractivity contribution in [2.24, 2.45) is 0 Å². The predicted molar refractivity (Wildman–Crippen MR) is 80.0 cm³/mol. The van der Waals surface area contributed by atoms with Crippen molar-refractivity contribution >= 4 is 42.5 Å². The van der Waals surface area contributed by atoms with Gasteiger partial charge in [-0.2, -0.15) is 0 Å². The Bertz CT molecular complexity index is 772. The Kier molecular flexibility index (Phi) is 2.05. The van der Waals surface area contributed by atoms with Crippen LogP contribution in [-0.4, -0.2) is 4.98 Å². The molecule has 7 rings (SSSR count). The minimum atomic E-state index is 1.13. The fourth-order valence-electron chi connectivity index (χ4n) is 2.25. The van der Waals surface area contributed by atoms with E-state index in [4.69, 9.17) is 0 Å². The average molecular weight is 249 g/mol. The molecule has 0 aliphatic carbocycles. The van der Waals surface area contributed by atoms with Crippen molar-refractivity contribution in [3.63, 3.8) is 0 Å². The molecule has 0 fully saturated rings. The summed E-state index contributed by atoms with van der Waals surface area (Å²) in [6, 6.07) is 21.6. The quantitative estimate of drug-likeness (QED) is 0.446. The molecule has 0 radical (unpaired) electrons. The Balaban J connectivity index is 2.32. The normalized spacial score (nSPS) is 11.3. The molecule has 0 spiro atoms. The Hall–Kier alpha value is -2.06. The van der Waals surface area contributed by atoms with E-state index in [9.17, 15) is 0 Å². The first-order valence-electron chi connectivity index (χ1n) is 5.96. The van der Waals surface area contributed by atoms with Gasteiger partial charge in [-0.05, 0) is 47.2 Å². The zero-order chi connectivity index (χ0) is 11.9. The van der Waals surface area contributed by atoms with Crippen LogP contribution in [0.15, 0.2) is 60.7 Å². The molecule has 0 atom stereocenters. The Morgan fingerprint density at radius 1 is 0.556 bits per heavy atom. The molecular formula is C16H11NS. The van der Waals surface area contributed by atoms with Gasteiger partial charge in [0.25, 0.3) is 0 Å². The summed E-state index contributed by atoms with van der Waals surface area (Å²) in [6.07, 6.45) is 0. The van der Waals surface area contributed by atoms with Crippen LogP contribution < -0.4 is 0 Å². The van der Waals surface area contributed by atoms with Crippen molar-refractivity contribution in [3.05, 3.63) is 60.7 Å². The van der Waals surface area contributed by atoms with Crippen molar-refractivity contribution in [2.75, 3.05) is 0 Å². The average Bonchev–Trinajstić information content (AvgIpc) is 2.89. The Morgan fingerprint density at radius 3 is 1.44 bits per heavy atom. The zero-order valence-electron chi connectivity index (χ0n) is 9.68. The van der Waals surface area contributed by atoms with E-state index in [1.807, 2.05) is 11.3 Å². The molecule has 0 amide bonds. The van der Waals surface area contributed by atoms with E-state index in [0.29, 0.717) is 0 Å². The second kappa shape index (κ2) is 3.72. The summed E-state index contributed by atoms with van der Waals surface area (Å²) in [5.74, 6) is 0. The maximum absolute atomic E-state index is 3.41. The molecular weight excluding hydrogens is 238 g/mol. The van der Waals surface area contributed by atoms with Crippen molar-refractivity contribution in [2.45, 2.75) is 0 Å². The van der Waals surface area contributed by atoms with Crippen LogP contribution in [0.2, 0.25) is 0 Å². The molecule has 0 aliphatic rings. The van der Waals surface area contributed by atoms with Crippen molar-refractivity contribution in [3.8, 4) is 0 Å². The van der Waals surface area contributed by atoms with Crippen LogP contribution in [0.5, 0.6) is 0 Å². The van der Waals surface area contributed by atoms with Gasteiger partial charge in [0.1, 0.15) is 0 Å². The molecule has 2 aromatic carbocycles. The van der Waals surface area contributed by atoms with Crippen LogP contribution in [0.25, 0.3) is 31.2 Å². The Morgan fingerprint density at radius 2 is 1.00 bits per heavy atom. The Labute approximate surface area is 108 Å². The van der Waals surface area contributed by atoms with Gasteiger partial charge >= 0.3 is 0 Å². The SMILES string of the molecule is c1cc2ccc1[nH]c1ccc(cc1)c1ccc2s1. The molecule has 86 valence electrons. The number of nitrogens with one attached hydrogen (secondary N) is 1. The molecule has 1 nitrogen and oxygen atoms in total. The van der Waals surface area contributed by atoms with Crippen molar-refractivity contribution < 1.29 is 0 Å². The third-order valence-corrected chi connectivity index (χ3v) is 4.42. The number of thiophene rings is 1. The zero-order valence-corrected chi connectivity index (χ0v) is 10.5. The molecule has 0 unspecified atom stereocenters. The first kappa shape index (κ1) is 9.92. The molecule has 18 heavy (non-hydrogen) atoms. The molecule has 5 aromatic heterocycles. The maximum Gasteiger partial charge on any atom is 0.0384 e. The summed E-state index contributed by atoms with van der Waals surface area (Å²) < 4.78 is 2.64. The van der Waals surface area contributed by atoms with Crippen molar-refractivity contribution in [1.82, 2.24) is 4.98 Å². The highest BCUT2D eigenvalue weighted by atomic mass is 32.1. The van der Waals surface area contributed by atoms with Crippen LogP contribution in [0.4, 0.5) is 0 Å². The number of aromatic amines is 1. The number of hydrogen-bond donors (Lipinski definition) is 1. The minimum Gasteiger partial charge on any atom is -0.356 e. The second-order valence-electron chi connectivity index (χ2n) is 4.44. The summed E-state index contributed by atoms with van der Waals surface area (Å²) in [5, 5.41) is 2.57. The highest BCUT2D eigenvalue weighted by Gasteiger charge is 1.96. The van der Waals surface area contributed by atoms with E-state index in [1.165, 1.54) is 20.2 Å². The predicted octanol–water partition coefficient (Wildman–Crippen LogP) is 5.10. The van der Waals surface area contributed by atoms with Crippen LogP contribution in [0.1, 0.15) is 0 Å². The van der Waals surface area contributed by atoms with Gasteiger partial charge in [-0.3, -0.25) is 0 Å². The fourth-order valence-corrected chi connectivity index (χ4v) is 3.27. The third-order valence-electron chi connectivity index (χ3n) is 3.23. The van der Waals surface area contributed by atoms with Crippen LogP contribution in [0, 0.1) is 0 Å². The molecule has 0 aliphatic heterocycles. The van der Waals surface area contributed by atoms with Crippen LogP contribution in [-0.2, 0) is 0 Å². The molecule has 0 saturated heterocycles. The first-order chi connectivity index (χ1) is 8.88. The van der Waals surface area contributed by atoms with E-state index in [0.717, 1.165) is 11.0 Å². The lowest BCUT2D eigenvalue weighted by Gasteiger charge is -1.95. The maximum atomic E-state index is 3.41. The standard InChI is InChI=1S/C16H11NS/c1-5-13-6-2-11(1)15-9-10-16(18-15)12-3-7-14(17-13)8-4-12/h1-10,17H. The first-order valence-corrected chi connectivity index (χ1v) is 6.78.